The number of thiophene rings is 1. The highest BCUT2D eigenvalue weighted by molar-refractivity contribution is 7.16. The molecule has 9 heteroatoms. The highest BCUT2D eigenvalue weighted by Crippen LogP contribution is 2.25. The third-order valence-electron chi connectivity index (χ3n) is 2.17. The number of urea groups is 1. The lowest BCUT2D eigenvalue weighted by Crippen LogP contribution is -2.33. The van der Waals surface area contributed by atoms with Gasteiger partial charge < -0.3 is 16.4 Å². The molecule has 0 unspecified atom stereocenters. The zero-order chi connectivity index (χ0) is 13.0. The zero-order valence-electron chi connectivity index (χ0n) is 9.43. The van der Waals surface area contributed by atoms with Gasteiger partial charge in [0.05, 0.1) is 5.39 Å². The van der Waals surface area contributed by atoms with Crippen LogP contribution >= 0.6 is 11.3 Å². The van der Waals surface area contributed by atoms with E-state index in [4.69, 9.17) is 11.6 Å². The van der Waals surface area contributed by atoms with Gasteiger partial charge in [0, 0.05) is 13.1 Å². The number of nitrogens with one attached hydrogen (secondary N) is 3. The molecule has 0 radical (unpaired) electrons. The molecule has 8 nitrogen and oxygen atoms in total. The van der Waals surface area contributed by atoms with Crippen molar-refractivity contribution in [3.05, 3.63) is 11.4 Å². The minimum Gasteiger partial charge on any atom is -0.368 e. The van der Waals surface area contributed by atoms with Crippen LogP contribution in [0.1, 0.15) is 0 Å². The Bertz CT molecular complexity index is 555. The van der Waals surface area contributed by atoms with Crippen molar-refractivity contribution in [2.24, 2.45) is 11.6 Å². The Balaban J connectivity index is 2.10. The minimum atomic E-state index is -0.551. The van der Waals surface area contributed by atoms with Gasteiger partial charge in [-0.2, -0.15) is 4.98 Å². The fourth-order valence-corrected chi connectivity index (χ4v) is 2.19. The molecule has 0 aliphatic rings. The molecular weight excluding hydrogens is 254 g/mol. The van der Waals surface area contributed by atoms with Crippen molar-refractivity contribution in [2.75, 3.05) is 23.8 Å². The molecular formula is C9H13N7OS. The Labute approximate surface area is 107 Å². The van der Waals surface area contributed by atoms with Crippen LogP contribution in [-0.4, -0.2) is 29.1 Å². The summed E-state index contributed by atoms with van der Waals surface area (Å²) < 4.78 is 0. The molecule has 0 fully saturated rings. The molecule has 18 heavy (non-hydrogen) atoms. The van der Waals surface area contributed by atoms with Crippen LogP contribution in [0, 0.1) is 0 Å². The van der Waals surface area contributed by atoms with E-state index in [1.54, 1.807) is 0 Å². The largest absolute Gasteiger partial charge is 0.368 e. The Morgan fingerprint density at radius 3 is 2.94 bits per heavy atom. The normalized spacial score (nSPS) is 10.3. The lowest BCUT2D eigenvalue weighted by atomic mass is 10.4. The van der Waals surface area contributed by atoms with Crippen molar-refractivity contribution in [3.63, 3.8) is 0 Å². The van der Waals surface area contributed by atoms with Crippen LogP contribution in [0.5, 0.6) is 0 Å². The molecule has 2 aromatic rings. The Morgan fingerprint density at radius 1 is 1.39 bits per heavy atom. The average Bonchev–Trinajstić information content (AvgIpc) is 2.82. The van der Waals surface area contributed by atoms with Gasteiger partial charge >= 0.3 is 6.03 Å². The molecule has 2 amide bonds. The molecule has 0 saturated heterocycles. The number of fused-ring (bicyclic) bond motifs is 1. The molecule has 0 spiro atoms. The molecule has 0 atom stereocenters. The van der Waals surface area contributed by atoms with Crippen LogP contribution in [0.4, 0.5) is 16.6 Å². The number of aromatic nitrogens is 2. The highest BCUT2D eigenvalue weighted by atomic mass is 32.1. The van der Waals surface area contributed by atoms with Gasteiger partial charge in [0.15, 0.2) is 0 Å². The van der Waals surface area contributed by atoms with E-state index in [1.165, 1.54) is 11.3 Å². The summed E-state index contributed by atoms with van der Waals surface area (Å²) in [5.74, 6) is 6.31. The standard InChI is InChI=1S/C9H13N7OS/c10-8(17)13-3-2-12-6-5-1-4-18-7(5)15-9(14-6)16-11/h1,4H,2-3,11H2,(H3,10,13,17)(H2,12,14,15,16). The number of amides is 2. The molecule has 96 valence electrons. The van der Waals surface area contributed by atoms with Crippen LogP contribution in [-0.2, 0) is 0 Å². The maximum absolute atomic E-state index is 10.5. The second-order valence-corrected chi connectivity index (χ2v) is 4.29. The lowest BCUT2D eigenvalue weighted by molar-refractivity contribution is 0.249. The van der Waals surface area contributed by atoms with E-state index in [9.17, 15) is 4.79 Å². The summed E-state index contributed by atoms with van der Waals surface area (Å²) in [6.45, 7) is 0.922. The van der Waals surface area contributed by atoms with E-state index in [0.717, 1.165) is 10.2 Å². The summed E-state index contributed by atoms with van der Waals surface area (Å²) in [7, 11) is 0. The topological polar surface area (TPSA) is 131 Å². The first-order chi connectivity index (χ1) is 8.70. The summed E-state index contributed by atoms with van der Waals surface area (Å²) in [5, 5.41) is 8.41. The van der Waals surface area contributed by atoms with Crippen molar-refractivity contribution in [1.29, 1.82) is 0 Å². The molecule has 2 heterocycles. The summed E-state index contributed by atoms with van der Waals surface area (Å²) in [6.07, 6.45) is 0. The molecule has 2 rings (SSSR count). The monoisotopic (exact) mass is 267 g/mol. The first kappa shape index (κ1) is 12.3. The molecule has 0 aliphatic heterocycles. The lowest BCUT2D eigenvalue weighted by Gasteiger charge is -2.08. The number of anilines is 2. The third kappa shape index (κ3) is 2.76. The van der Waals surface area contributed by atoms with E-state index in [1.807, 2.05) is 11.4 Å². The number of hydrogen-bond donors (Lipinski definition) is 5. The van der Waals surface area contributed by atoms with Crippen LogP contribution in [0.2, 0.25) is 0 Å². The molecule has 0 saturated carbocycles. The van der Waals surface area contributed by atoms with Crippen LogP contribution < -0.4 is 27.6 Å². The minimum absolute atomic E-state index is 0.343. The van der Waals surface area contributed by atoms with E-state index < -0.39 is 6.03 Å². The van der Waals surface area contributed by atoms with Gasteiger partial charge in [-0.05, 0) is 11.4 Å². The maximum Gasteiger partial charge on any atom is 0.312 e. The predicted octanol–water partition coefficient (Wildman–Crippen LogP) is 0.0571. The van der Waals surface area contributed by atoms with Crippen molar-refractivity contribution in [1.82, 2.24) is 15.3 Å². The van der Waals surface area contributed by atoms with Gasteiger partial charge in [0.1, 0.15) is 10.6 Å². The number of nitrogens with zero attached hydrogens (tertiary/aromatic N) is 2. The van der Waals surface area contributed by atoms with Crippen LogP contribution in [0.25, 0.3) is 10.2 Å². The second-order valence-electron chi connectivity index (χ2n) is 3.40. The fourth-order valence-electron chi connectivity index (χ4n) is 1.42. The van der Waals surface area contributed by atoms with E-state index in [0.29, 0.717) is 24.9 Å². The second kappa shape index (κ2) is 5.47. The van der Waals surface area contributed by atoms with Crippen LogP contribution in [0.15, 0.2) is 11.4 Å². The van der Waals surface area contributed by atoms with Gasteiger partial charge in [-0.3, -0.25) is 5.43 Å². The zero-order valence-corrected chi connectivity index (χ0v) is 10.3. The molecule has 0 aliphatic carbocycles. The number of primary amides is 1. The van der Waals surface area contributed by atoms with Gasteiger partial charge in [0.25, 0.3) is 0 Å². The van der Waals surface area contributed by atoms with Gasteiger partial charge in [-0.15, -0.1) is 11.3 Å². The van der Waals surface area contributed by atoms with E-state index in [-0.39, 0.29) is 0 Å². The number of rotatable bonds is 5. The van der Waals surface area contributed by atoms with Crippen molar-refractivity contribution < 1.29 is 4.79 Å². The van der Waals surface area contributed by atoms with E-state index in [2.05, 4.69) is 26.0 Å². The Morgan fingerprint density at radius 2 is 2.22 bits per heavy atom. The van der Waals surface area contributed by atoms with Crippen molar-refractivity contribution in [3.8, 4) is 0 Å². The van der Waals surface area contributed by atoms with Crippen molar-refractivity contribution in [2.45, 2.75) is 0 Å². The van der Waals surface area contributed by atoms with E-state index >= 15 is 0 Å². The first-order valence-electron chi connectivity index (χ1n) is 5.19. The summed E-state index contributed by atoms with van der Waals surface area (Å²) >= 11 is 1.50. The van der Waals surface area contributed by atoms with Crippen molar-refractivity contribution >= 4 is 39.4 Å². The quantitative estimate of drug-likeness (QED) is 0.296. The maximum atomic E-state index is 10.5. The van der Waals surface area contributed by atoms with Gasteiger partial charge in [-0.1, -0.05) is 0 Å². The number of nitrogen functional groups attached to an aromatic ring is 1. The SMILES string of the molecule is NNc1nc(NCCNC(N)=O)c2ccsc2n1. The summed E-state index contributed by atoms with van der Waals surface area (Å²) in [5.41, 5.74) is 7.38. The highest BCUT2D eigenvalue weighted by Gasteiger charge is 2.07. The molecule has 0 bridgehead atoms. The number of nitrogens with two attached hydrogens (primary N) is 2. The molecule has 7 N–H and O–H groups in total. The van der Waals surface area contributed by atoms with Gasteiger partial charge in [-0.25, -0.2) is 15.6 Å². The fraction of sp³-hybridized carbons (Fsp3) is 0.222. The number of hydrazine groups is 1. The predicted molar refractivity (Wildman–Crippen MR) is 71.3 cm³/mol. The Hall–Kier alpha value is -2.13. The number of carbonyl (C=O) groups excluding carboxylic acids is 1. The smallest absolute Gasteiger partial charge is 0.312 e. The average molecular weight is 267 g/mol. The van der Waals surface area contributed by atoms with Gasteiger partial charge in [0.2, 0.25) is 5.95 Å². The summed E-state index contributed by atoms with van der Waals surface area (Å²) in [6, 6.07) is 1.37. The third-order valence-corrected chi connectivity index (χ3v) is 2.98. The molecule has 2 aromatic heterocycles. The number of carbonyl (C=O) groups is 1. The number of hydrogen-bond acceptors (Lipinski definition) is 7. The van der Waals surface area contributed by atoms with Crippen LogP contribution in [0.3, 0.4) is 0 Å². The summed E-state index contributed by atoms with van der Waals surface area (Å²) in [4.78, 5) is 19.8. The Kier molecular flexibility index (Phi) is 3.75. The molecule has 0 aromatic carbocycles. The first-order valence-corrected chi connectivity index (χ1v) is 6.07.